The molecule has 0 bridgehead atoms. The zero-order valence-electron chi connectivity index (χ0n) is 22.8. The molecule has 0 unspecified atom stereocenters. The molecule has 3 heterocycles. The number of ether oxygens (including phenoxy) is 1. The predicted octanol–water partition coefficient (Wildman–Crippen LogP) is 4.11. The third-order valence-corrected chi connectivity index (χ3v) is 9.43. The summed E-state index contributed by atoms with van der Waals surface area (Å²) < 4.78 is 44.1. The van der Waals surface area contributed by atoms with Crippen molar-refractivity contribution in [2.45, 2.75) is 13.5 Å². The zero-order valence-corrected chi connectivity index (χ0v) is 23.7. The summed E-state index contributed by atoms with van der Waals surface area (Å²) in [6, 6.07) is 16.5. The van der Waals surface area contributed by atoms with Gasteiger partial charge in [-0.2, -0.15) is 0 Å². The minimum absolute atomic E-state index is 0.0000234. The highest BCUT2D eigenvalue weighted by Crippen LogP contribution is 2.31. The monoisotopic (exact) mass is 574 g/mol. The second-order valence-corrected chi connectivity index (χ2v) is 12.9. The van der Waals surface area contributed by atoms with E-state index in [2.05, 4.69) is 4.98 Å². The highest BCUT2D eigenvalue weighted by molar-refractivity contribution is 7.91. The Balaban J connectivity index is 1.27. The maximum atomic E-state index is 15.3. The molecular weight excluding hydrogens is 543 g/mol. The molecule has 0 atom stereocenters. The number of hydrogen-bond donors (Lipinski definition) is 0. The number of morpholine rings is 1. The normalized spacial score (nSPS) is 17.6. The van der Waals surface area contributed by atoms with Crippen LogP contribution in [-0.2, 0) is 21.1 Å². The van der Waals surface area contributed by atoms with Crippen molar-refractivity contribution in [2.24, 2.45) is 0 Å². The minimum Gasteiger partial charge on any atom is -0.378 e. The number of halogens is 1. The van der Waals surface area contributed by atoms with Gasteiger partial charge in [-0.3, -0.25) is 14.7 Å². The molecule has 1 amide bonds. The van der Waals surface area contributed by atoms with E-state index in [9.17, 15) is 13.2 Å². The highest BCUT2D eigenvalue weighted by Gasteiger charge is 2.23. The smallest absolute Gasteiger partial charge is 0.254 e. The summed E-state index contributed by atoms with van der Waals surface area (Å²) in [5.41, 5.74) is 6.36. The van der Waals surface area contributed by atoms with Crippen molar-refractivity contribution in [1.82, 2.24) is 19.8 Å². The van der Waals surface area contributed by atoms with Crippen molar-refractivity contribution in [2.75, 3.05) is 50.9 Å². The van der Waals surface area contributed by atoms with Gasteiger partial charge in [0.1, 0.15) is 5.82 Å². The van der Waals surface area contributed by atoms with Gasteiger partial charge in [-0.1, -0.05) is 30.3 Å². The molecule has 0 saturated carbocycles. The number of para-hydroxylation sites is 1. The van der Waals surface area contributed by atoms with Crippen molar-refractivity contribution in [1.29, 1.82) is 0 Å². The number of sulfone groups is 1. The summed E-state index contributed by atoms with van der Waals surface area (Å²) in [5.74, 6) is -0.125. The molecule has 0 spiro atoms. The van der Waals surface area contributed by atoms with E-state index in [1.54, 1.807) is 12.3 Å². The second kappa shape index (κ2) is 11.3. The fraction of sp³-hybridized carbons (Fsp3) is 0.323. The van der Waals surface area contributed by atoms with Gasteiger partial charge in [0.05, 0.1) is 47.6 Å². The van der Waals surface area contributed by atoms with Gasteiger partial charge in [0.15, 0.2) is 9.84 Å². The number of aryl methyl sites for hydroxylation is 1. The first-order valence-corrected chi connectivity index (χ1v) is 15.5. The van der Waals surface area contributed by atoms with Gasteiger partial charge >= 0.3 is 0 Å². The lowest BCUT2D eigenvalue weighted by Crippen LogP contribution is -2.40. The average molecular weight is 575 g/mol. The van der Waals surface area contributed by atoms with Gasteiger partial charge in [-0.05, 0) is 42.3 Å². The molecular formula is C31H31FN4O4S. The SMILES string of the molecule is Cc1cc(-c2cnc3cccc(-c4ccc(CN5CCS(=O)(=O)CC5)c(F)c4)c3n2)ccc1C(=O)N1CCOCC1. The van der Waals surface area contributed by atoms with Crippen LogP contribution in [-0.4, -0.2) is 85.0 Å². The molecule has 2 saturated heterocycles. The molecule has 0 N–H and O–H groups in total. The molecule has 2 fully saturated rings. The first-order valence-electron chi connectivity index (χ1n) is 13.7. The second-order valence-electron chi connectivity index (χ2n) is 10.6. The molecule has 8 nitrogen and oxygen atoms in total. The van der Waals surface area contributed by atoms with Crippen molar-refractivity contribution in [3.8, 4) is 22.4 Å². The Kier molecular flexibility index (Phi) is 7.54. The van der Waals surface area contributed by atoms with E-state index in [0.717, 1.165) is 16.7 Å². The molecule has 1 aromatic heterocycles. The van der Waals surface area contributed by atoms with Crippen LogP contribution in [0, 0.1) is 12.7 Å². The van der Waals surface area contributed by atoms with E-state index in [1.807, 2.05) is 59.2 Å². The number of carbonyl (C=O) groups is 1. The van der Waals surface area contributed by atoms with Gasteiger partial charge in [0, 0.05) is 55.0 Å². The fourth-order valence-corrected chi connectivity index (χ4v) is 6.67. The number of amides is 1. The van der Waals surface area contributed by atoms with Gasteiger partial charge < -0.3 is 9.64 Å². The number of rotatable bonds is 5. The van der Waals surface area contributed by atoms with Crippen LogP contribution < -0.4 is 0 Å². The quantitative estimate of drug-likeness (QED) is 0.354. The van der Waals surface area contributed by atoms with Crippen LogP contribution in [0.5, 0.6) is 0 Å². The zero-order chi connectivity index (χ0) is 28.6. The fourth-order valence-electron chi connectivity index (χ4n) is 5.40. The number of hydrogen-bond acceptors (Lipinski definition) is 7. The largest absolute Gasteiger partial charge is 0.378 e. The predicted molar refractivity (Wildman–Crippen MR) is 156 cm³/mol. The molecule has 4 aromatic rings. The molecule has 10 heteroatoms. The third kappa shape index (κ3) is 5.86. The Morgan fingerprint density at radius 3 is 2.46 bits per heavy atom. The van der Waals surface area contributed by atoms with Crippen LogP contribution in [0.2, 0.25) is 0 Å². The average Bonchev–Trinajstić information content (AvgIpc) is 2.98. The van der Waals surface area contributed by atoms with E-state index in [0.29, 0.717) is 79.4 Å². The molecule has 41 heavy (non-hydrogen) atoms. The van der Waals surface area contributed by atoms with E-state index < -0.39 is 9.84 Å². The van der Waals surface area contributed by atoms with Crippen LogP contribution in [0.3, 0.4) is 0 Å². The lowest BCUT2D eigenvalue weighted by molar-refractivity contribution is 0.0302. The van der Waals surface area contributed by atoms with Gasteiger partial charge in [-0.25, -0.2) is 17.8 Å². The molecule has 6 rings (SSSR count). The molecule has 2 aliphatic heterocycles. The van der Waals surface area contributed by atoms with Crippen LogP contribution in [0.1, 0.15) is 21.5 Å². The molecule has 212 valence electrons. The number of carbonyl (C=O) groups excluding carboxylic acids is 1. The summed E-state index contributed by atoms with van der Waals surface area (Å²) in [4.78, 5) is 26.4. The summed E-state index contributed by atoms with van der Waals surface area (Å²) in [5, 5.41) is 0. The van der Waals surface area contributed by atoms with E-state index in [1.165, 1.54) is 6.07 Å². The minimum atomic E-state index is -2.99. The molecule has 2 aliphatic rings. The number of fused-ring (bicyclic) bond motifs is 1. The van der Waals surface area contributed by atoms with Gasteiger partial charge in [0.2, 0.25) is 0 Å². The summed E-state index contributed by atoms with van der Waals surface area (Å²) in [6.07, 6.45) is 1.72. The molecule has 3 aromatic carbocycles. The van der Waals surface area contributed by atoms with Crippen LogP contribution in [0.4, 0.5) is 4.39 Å². The van der Waals surface area contributed by atoms with E-state index >= 15 is 4.39 Å². The Morgan fingerprint density at radius 2 is 1.73 bits per heavy atom. The van der Waals surface area contributed by atoms with Crippen molar-refractivity contribution in [3.05, 3.63) is 83.3 Å². The summed E-state index contributed by atoms with van der Waals surface area (Å²) >= 11 is 0. The Labute approximate surface area is 238 Å². The number of aromatic nitrogens is 2. The standard InChI is InChI=1S/C31H31FN4O4S/c1-21-17-23(7-8-25(21)31(37)36-9-13-40-14-10-36)29-19-33-28-4-2-3-26(30(28)34-29)22-5-6-24(27(32)18-22)20-35-11-15-41(38,39)16-12-35/h2-8,17-19H,9-16,20H2,1H3. The third-order valence-electron chi connectivity index (χ3n) is 7.82. The maximum Gasteiger partial charge on any atom is 0.254 e. The number of benzene rings is 3. The Morgan fingerprint density at radius 1 is 0.976 bits per heavy atom. The summed E-state index contributed by atoms with van der Waals surface area (Å²) in [6.45, 7) is 5.38. The topological polar surface area (TPSA) is 92.7 Å². The van der Waals surface area contributed by atoms with Gasteiger partial charge in [0.25, 0.3) is 5.91 Å². The van der Waals surface area contributed by atoms with Crippen LogP contribution >= 0.6 is 0 Å². The molecule has 0 radical (unpaired) electrons. The Bertz CT molecular complexity index is 1720. The van der Waals surface area contributed by atoms with E-state index in [4.69, 9.17) is 9.72 Å². The van der Waals surface area contributed by atoms with E-state index in [-0.39, 0.29) is 23.2 Å². The van der Waals surface area contributed by atoms with Crippen molar-refractivity contribution < 1.29 is 22.3 Å². The van der Waals surface area contributed by atoms with Crippen molar-refractivity contribution >= 4 is 26.8 Å². The van der Waals surface area contributed by atoms with Gasteiger partial charge in [-0.15, -0.1) is 0 Å². The van der Waals surface area contributed by atoms with Crippen LogP contribution in [0.25, 0.3) is 33.4 Å². The lowest BCUT2D eigenvalue weighted by Gasteiger charge is -2.27. The Hall–Kier alpha value is -3.73. The molecule has 0 aliphatic carbocycles. The first-order chi connectivity index (χ1) is 19.8. The summed E-state index contributed by atoms with van der Waals surface area (Å²) in [7, 11) is -2.99. The first kappa shape index (κ1) is 27.4. The lowest BCUT2D eigenvalue weighted by atomic mass is 10.00. The highest BCUT2D eigenvalue weighted by atomic mass is 32.2. The maximum absolute atomic E-state index is 15.3. The van der Waals surface area contributed by atoms with Crippen molar-refractivity contribution in [3.63, 3.8) is 0 Å². The number of nitrogens with zero attached hydrogens (tertiary/aromatic N) is 4. The van der Waals surface area contributed by atoms with Crippen LogP contribution in [0.15, 0.2) is 60.8 Å².